The van der Waals surface area contributed by atoms with Gasteiger partial charge >= 0.3 is 37.4 Å². The van der Waals surface area contributed by atoms with E-state index < -0.39 is 7.82 Å². The largest absolute Gasteiger partial charge is 0.457 e. The maximum atomic E-state index is 8.88. The van der Waals surface area contributed by atoms with Crippen LogP contribution < -0.4 is 4.74 Å². The number of ether oxygens (including phenoxy) is 1. The first-order chi connectivity index (χ1) is 12.4. The second kappa shape index (κ2) is 14.4. The molecule has 3 rings (SSSR count). The predicted molar refractivity (Wildman–Crippen MR) is 111 cm³/mol. The van der Waals surface area contributed by atoms with Gasteiger partial charge in [0, 0.05) is 0 Å². The second-order valence-electron chi connectivity index (χ2n) is 4.86. The van der Waals surface area contributed by atoms with Gasteiger partial charge in [-0.05, 0) is 29.8 Å². The first-order valence-electron chi connectivity index (χ1n) is 7.62. The van der Waals surface area contributed by atoms with Gasteiger partial charge in [0.25, 0.3) is 0 Å². The number of phosphoric acid groups is 1. The molecule has 0 amide bonds. The van der Waals surface area contributed by atoms with E-state index in [0.29, 0.717) is 0 Å². The van der Waals surface area contributed by atoms with Crippen LogP contribution in [-0.2, 0) is 4.57 Å². The molecule has 3 aromatic rings. The van der Waals surface area contributed by atoms with Gasteiger partial charge in [-0.15, -0.1) is 0 Å². The predicted octanol–water partition coefficient (Wildman–Crippen LogP) is 4.23. The van der Waals surface area contributed by atoms with E-state index >= 15 is 0 Å². The number of benzene rings is 3. The van der Waals surface area contributed by atoms with E-state index in [1.807, 2.05) is 97.1 Å². The zero-order chi connectivity index (χ0) is 19.3. The molecule has 0 radical (unpaired) electrons. The smallest absolute Gasteiger partial charge is 0.127 e. The Morgan fingerprint density at radius 1 is 0.704 bits per heavy atom. The van der Waals surface area contributed by atoms with Crippen LogP contribution in [0.1, 0.15) is 5.56 Å². The summed E-state index contributed by atoms with van der Waals surface area (Å²) in [5, 5.41) is 0. The molecule has 3 N–H and O–H groups in total. The summed E-state index contributed by atoms with van der Waals surface area (Å²) in [4.78, 5) is 21.6. The minimum atomic E-state index is -4.64. The quantitative estimate of drug-likeness (QED) is 0.456. The summed E-state index contributed by atoms with van der Waals surface area (Å²) in [5.74, 6) is 1.74. The molecule has 0 bridgehead atoms. The normalized spacial score (nSPS) is 9.30. The van der Waals surface area contributed by atoms with Crippen molar-refractivity contribution in [2.24, 2.45) is 0 Å². The fourth-order valence-corrected chi connectivity index (χ4v) is 1.70. The van der Waals surface area contributed by atoms with E-state index in [1.165, 1.54) is 5.56 Å². The van der Waals surface area contributed by atoms with Crippen molar-refractivity contribution >= 4 is 43.5 Å². The maximum absolute atomic E-state index is 8.88. The molecular formula is C20H22NaO5P. The summed E-state index contributed by atoms with van der Waals surface area (Å²) in [5.41, 5.74) is 1.17. The molecule has 0 aliphatic rings. The Morgan fingerprint density at radius 3 is 1.26 bits per heavy atom. The fourth-order valence-electron chi connectivity index (χ4n) is 1.70. The summed E-state index contributed by atoms with van der Waals surface area (Å²) >= 11 is 0. The van der Waals surface area contributed by atoms with Crippen LogP contribution in [0.15, 0.2) is 97.6 Å². The third kappa shape index (κ3) is 15.1. The monoisotopic (exact) mass is 396 g/mol. The topological polar surface area (TPSA) is 87.0 Å². The van der Waals surface area contributed by atoms with Crippen molar-refractivity contribution in [1.29, 1.82) is 0 Å². The average molecular weight is 396 g/mol. The van der Waals surface area contributed by atoms with E-state index in [-0.39, 0.29) is 29.6 Å². The Hall–Kier alpha value is -1.69. The molecule has 0 fully saturated rings. The molecule has 138 valence electrons. The zero-order valence-electron chi connectivity index (χ0n) is 14.1. The second-order valence-corrected chi connectivity index (χ2v) is 5.88. The molecule has 0 spiro atoms. The van der Waals surface area contributed by atoms with Crippen molar-refractivity contribution in [2.45, 2.75) is 0 Å². The van der Waals surface area contributed by atoms with Crippen LogP contribution in [0.25, 0.3) is 6.08 Å². The molecule has 27 heavy (non-hydrogen) atoms. The molecule has 0 atom stereocenters. The number of hydrogen-bond donors (Lipinski definition) is 3. The van der Waals surface area contributed by atoms with Gasteiger partial charge in [0.15, 0.2) is 0 Å². The Labute approximate surface area is 181 Å². The standard InChI is InChI=1S/C12H10O.C8H8.Na.H3O4P.H/c1-3-7-11(8-4-1)13-12-9-5-2-6-10-12;1-2-8-6-4-3-5-7-8;;1-5(2,3)4;/h1-10H;2-7H,1H2;;(H3,1,2,3,4);. The van der Waals surface area contributed by atoms with Crippen molar-refractivity contribution in [3.05, 3.63) is 103 Å². The Bertz CT molecular complexity index is 747. The van der Waals surface area contributed by atoms with Gasteiger partial charge in [0.1, 0.15) is 11.5 Å². The Morgan fingerprint density at radius 2 is 1.00 bits per heavy atom. The molecule has 0 aliphatic carbocycles. The SMILES string of the molecule is C=Cc1ccccc1.O=P(O)(O)O.[NaH].c1ccc(Oc2ccccc2)cc1. The molecular weight excluding hydrogens is 374 g/mol. The van der Waals surface area contributed by atoms with Gasteiger partial charge < -0.3 is 19.4 Å². The third-order valence-corrected chi connectivity index (χ3v) is 2.76. The van der Waals surface area contributed by atoms with Crippen LogP contribution in [0.4, 0.5) is 0 Å². The van der Waals surface area contributed by atoms with Crippen molar-refractivity contribution < 1.29 is 24.0 Å². The van der Waals surface area contributed by atoms with E-state index in [0.717, 1.165) is 11.5 Å². The average Bonchev–Trinajstić information content (AvgIpc) is 2.63. The van der Waals surface area contributed by atoms with E-state index in [2.05, 4.69) is 6.58 Å². The van der Waals surface area contributed by atoms with Gasteiger partial charge in [-0.1, -0.05) is 79.4 Å². The Balaban J connectivity index is 0.000000417. The van der Waals surface area contributed by atoms with Gasteiger partial charge in [-0.3, -0.25) is 0 Å². The maximum Gasteiger partial charge on any atom is 0.127 e. The van der Waals surface area contributed by atoms with Crippen LogP contribution >= 0.6 is 7.82 Å². The minimum absolute atomic E-state index is 0. The number of para-hydroxylation sites is 2. The summed E-state index contributed by atoms with van der Waals surface area (Å²) in [6.45, 7) is 3.63. The molecule has 0 saturated heterocycles. The molecule has 0 aromatic heterocycles. The molecule has 7 heteroatoms. The van der Waals surface area contributed by atoms with Crippen LogP contribution in [0, 0.1) is 0 Å². The number of hydrogen-bond acceptors (Lipinski definition) is 2. The fraction of sp³-hybridized carbons (Fsp3) is 0. The van der Waals surface area contributed by atoms with E-state index in [9.17, 15) is 0 Å². The third-order valence-electron chi connectivity index (χ3n) is 2.76. The van der Waals surface area contributed by atoms with Crippen molar-refractivity contribution in [3.8, 4) is 11.5 Å². The molecule has 0 aliphatic heterocycles. The molecule has 3 aromatic carbocycles. The van der Waals surface area contributed by atoms with Crippen LogP contribution in [-0.4, -0.2) is 44.2 Å². The van der Waals surface area contributed by atoms with Gasteiger partial charge in [-0.25, -0.2) is 4.57 Å². The van der Waals surface area contributed by atoms with E-state index in [1.54, 1.807) is 0 Å². The minimum Gasteiger partial charge on any atom is -0.457 e. The summed E-state index contributed by atoms with van der Waals surface area (Å²) in [6, 6.07) is 29.5. The van der Waals surface area contributed by atoms with Gasteiger partial charge in [0.05, 0.1) is 0 Å². The van der Waals surface area contributed by atoms with Crippen molar-refractivity contribution in [1.82, 2.24) is 0 Å². The summed E-state index contributed by atoms with van der Waals surface area (Å²) in [6.07, 6.45) is 1.83. The number of rotatable bonds is 3. The molecule has 0 unspecified atom stereocenters. The van der Waals surface area contributed by atoms with Crippen molar-refractivity contribution in [3.63, 3.8) is 0 Å². The van der Waals surface area contributed by atoms with Crippen LogP contribution in [0.2, 0.25) is 0 Å². The van der Waals surface area contributed by atoms with Crippen molar-refractivity contribution in [2.75, 3.05) is 0 Å². The van der Waals surface area contributed by atoms with Crippen LogP contribution in [0.3, 0.4) is 0 Å². The molecule has 0 heterocycles. The summed E-state index contributed by atoms with van der Waals surface area (Å²) < 4.78 is 14.5. The van der Waals surface area contributed by atoms with Gasteiger partial charge in [-0.2, -0.15) is 0 Å². The first-order valence-corrected chi connectivity index (χ1v) is 9.18. The first kappa shape index (κ1) is 25.3. The Kier molecular flexibility index (Phi) is 13.5. The summed E-state index contributed by atoms with van der Waals surface area (Å²) in [7, 11) is -4.64. The zero-order valence-corrected chi connectivity index (χ0v) is 14.9. The molecule has 5 nitrogen and oxygen atoms in total. The van der Waals surface area contributed by atoms with E-state index in [4.69, 9.17) is 24.0 Å². The molecule has 0 saturated carbocycles. The van der Waals surface area contributed by atoms with Crippen LogP contribution in [0.5, 0.6) is 11.5 Å². The van der Waals surface area contributed by atoms with Gasteiger partial charge in [0.2, 0.25) is 0 Å².